The average molecular weight is 400 g/mol. The topological polar surface area (TPSA) is 38.3 Å². The fraction of sp³-hybridized carbons (Fsp3) is 0.136. The second-order valence-corrected chi connectivity index (χ2v) is 7.47. The predicted molar refractivity (Wildman–Crippen MR) is 111 cm³/mol. The molecule has 0 aromatic heterocycles. The van der Waals surface area contributed by atoms with Gasteiger partial charge < -0.3 is 4.74 Å². The highest BCUT2D eigenvalue weighted by Crippen LogP contribution is 2.32. The standard InChI is InChI=1S/C22H19Cl2NO2/c1-22(2,15-6-4-3-5-7-15)16-8-11-18(12-9-16)27-21(26)25-17-10-13-19(23)20(24)14-17/h3-14H,1-2H3,(H,25,26). The van der Waals surface area contributed by atoms with Crippen molar-refractivity contribution in [3.05, 3.63) is 94.0 Å². The Bertz CT molecular complexity index is 938. The molecule has 3 nitrogen and oxygen atoms in total. The van der Waals surface area contributed by atoms with Crippen LogP contribution in [0, 0.1) is 0 Å². The minimum absolute atomic E-state index is 0.151. The molecule has 27 heavy (non-hydrogen) atoms. The molecule has 3 aromatic rings. The van der Waals surface area contributed by atoms with E-state index in [1.165, 1.54) is 5.56 Å². The van der Waals surface area contributed by atoms with Gasteiger partial charge >= 0.3 is 6.09 Å². The summed E-state index contributed by atoms with van der Waals surface area (Å²) in [5, 5.41) is 3.41. The molecule has 1 amide bonds. The monoisotopic (exact) mass is 399 g/mol. The van der Waals surface area contributed by atoms with Crippen molar-refractivity contribution >= 4 is 35.0 Å². The number of carbonyl (C=O) groups is 1. The molecule has 0 aliphatic rings. The summed E-state index contributed by atoms with van der Waals surface area (Å²) in [6.45, 7) is 4.32. The molecule has 0 radical (unpaired) electrons. The Morgan fingerprint density at radius 1 is 0.852 bits per heavy atom. The van der Waals surface area contributed by atoms with Gasteiger partial charge in [0.15, 0.2) is 0 Å². The van der Waals surface area contributed by atoms with Crippen LogP contribution in [0.15, 0.2) is 72.8 Å². The third-order valence-corrected chi connectivity index (χ3v) is 5.19. The fourth-order valence-corrected chi connectivity index (χ4v) is 3.08. The zero-order valence-electron chi connectivity index (χ0n) is 15.0. The van der Waals surface area contributed by atoms with Crippen LogP contribution in [0.4, 0.5) is 10.5 Å². The van der Waals surface area contributed by atoms with Gasteiger partial charge in [0.1, 0.15) is 5.75 Å². The van der Waals surface area contributed by atoms with Crippen LogP contribution in [-0.4, -0.2) is 6.09 Å². The molecule has 138 valence electrons. The van der Waals surface area contributed by atoms with Crippen LogP contribution in [-0.2, 0) is 5.41 Å². The number of ether oxygens (including phenoxy) is 1. The maximum atomic E-state index is 12.1. The maximum absolute atomic E-state index is 12.1. The van der Waals surface area contributed by atoms with Crippen LogP contribution in [0.1, 0.15) is 25.0 Å². The van der Waals surface area contributed by atoms with Crippen molar-refractivity contribution in [3.63, 3.8) is 0 Å². The Morgan fingerprint density at radius 3 is 2.11 bits per heavy atom. The van der Waals surface area contributed by atoms with Crippen molar-refractivity contribution < 1.29 is 9.53 Å². The first-order valence-corrected chi connectivity index (χ1v) is 9.22. The SMILES string of the molecule is CC(C)(c1ccccc1)c1ccc(OC(=O)Nc2ccc(Cl)c(Cl)c2)cc1. The average Bonchev–Trinajstić information content (AvgIpc) is 2.66. The highest BCUT2D eigenvalue weighted by molar-refractivity contribution is 6.42. The summed E-state index contributed by atoms with van der Waals surface area (Å²) >= 11 is 11.8. The van der Waals surface area contributed by atoms with Gasteiger partial charge in [0.2, 0.25) is 0 Å². The van der Waals surface area contributed by atoms with Gasteiger partial charge in [0.25, 0.3) is 0 Å². The largest absolute Gasteiger partial charge is 0.417 e. The first-order chi connectivity index (χ1) is 12.9. The van der Waals surface area contributed by atoms with Gasteiger partial charge in [-0.3, -0.25) is 5.32 Å². The number of carbonyl (C=O) groups excluding carboxylic acids is 1. The lowest BCUT2D eigenvalue weighted by atomic mass is 9.78. The lowest BCUT2D eigenvalue weighted by Crippen LogP contribution is -2.19. The zero-order valence-corrected chi connectivity index (χ0v) is 16.5. The normalized spacial score (nSPS) is 11.1. The molecule has 0 bridgehead atoms. The number of halogens is 2. The minimum atomic E-state index is -0.594. The third kappa shape index (κ3) is 4.62. The van der Waals surface area contributed by atoms with E-state index in [1.54, 1.807) is 30.3 Å². The smallest absolute Gasteiger partial charge is 0.410 e. The predicted octanol–water partition coefficient (Wildman–Crippen LogP) is 6.93. The molecule has 3 rings (SSSR count). The lowest BCUT2D eigenvalue weighted by molar-refractivity contribution is 0.215. The zero-order chi connectivity index (χ0) is 19.4. The number of nitrogens with one attached hydrogen (secondary N) is 1. The molecular formula is C22H19Cl2NO2. The van der Waals surface area contributed by atoms with Crippen molar-refractivity contribution in [1.82, 2.24) is 0 Å². The van der Waals surface area contributed by atoms with Crippen LogP contribution in [0.5, 0.6) is 5.75 Å². The maximum Gasteiger partial charge on any atom is 0.417 e. The highest BCUT2D eigenvalue weighted by Gasteiger charge is 2.22. The third-order valence-electron chi connectivity index (χ3n) is 4.45. The van der Waals surface area contributed by atoms with Crippen LogP contribution >= 0.6 is 23.2 Å². The van der Waals surface area contributed by atoms with E-state index in [-0.39, 0.29) is 5.41 Å². The second kappa shape index (κ2) is 8.03. The first kappa shape index (κ1) is 19.3. The summed E-state index contributed by atoms with van der Waals surface area (Å²) in [6.07, 6.45) is -0.594. The molecule has 0 unspecified atom stereocenters. The molecule has 0 heterocycles. The van der Waals surface area contributed by atoms with E-state index in [0.29, 0.717) is 21.5 Å². The Labute approximate surface area is 168 Å². The molecule has 0 aliphatic heterocycles. The van der Waals surface area contributed by atoms with Gasteiger partial charge in [0.05, 0.1) is 10.0 Å². The van der Waals surface area contributed by atoms with Crippen molar-refractivity contribution in [2.45, 2.75) is 19.3 Å². The van der Waals surface area contributed by atoms with Gasteiger partial charge in [-0.25, -0.2) is 4.79 Å². The van der Waals surface area contributed by atoms with Gasteiger partial charge in [-0.2, -0.15) is 0 Å². The highest BCUT2D eigenvalue weighted by atomic mass is 35.5. The summed E-state index contributed by atoms with van der Waals surface area (Å²) < 4.78 is 5.34. The Kier molecular flexibility index (Phi) is 5.73. The minimum Gasteiger partial charge on any atom is -0.410 e. The second-order valence-electron chi connectivity index (χ2n) is 6.66. The fourth-order valence-electron chi connectivity index (χ4n) is 2.79. The van der Waals surface area contributed by atoms with E-state index >= 15 is 0 Å². The van der Waals surface area contributed by atoms with Gasteiger partial charge in [-0.1, -0.05) is 79.5 Å². The summed E-state index contributed by atoms with van der Waals surface area (Å²) in [5.41, 5.74) is 2.71. The number of amides is 1. The molecule has 0 saturated heterocycles. The number of hydrogen-bond donors (Lipinski definition) is 1. The molecule has 0 atom stereocenters. The van der Waals surface area contributed by atoms with Crippen LogP contribution in [0.25, 0.3) is 0 Å². The first-order valence-electron chi connectivity index (χ1n) is 8.46. The quantitative estimate of drug-likeness (QED) is 0.516. The van der Waals surface area contributed by atoms with Crippen LogP contribution < -0.4 is 10.1 Å². The Morgan fingerprint density at radius 2 is 1.48 bits per heavy atom. The van der Waals surface area contributed by atoms with E-state index in [4.69, 9.17) is 27.9 Å². The summed E-state index contributed by atoms with van der Waals surface area (Å²) in [7, 11) is 0. The molecular weight excluding hydrogens is 381 g/mol. The van der Waals surface area contributed by atoms with Crippen molar-refractivity contribution in [2.24, 2.45) is 0 Å². The van der Waals surface area contributed by atoms with E-state index in [0.717, 1.165) is 5.56 Å². The van der Waals surface area contributed by atoms with Gasteiger partial charge in [-0.05, 0) is 41.5 Å². The molecule has 3 aromatic carbocycles. The lowest BCUT2D eigenvalue weighted by Gasteiger charge is -2.26. The molecule has 5 heteroatoms. The van der Waals surface area contributed by atoms with Gasteiger partial charge in [-0.15, -0.1) is 0 Å². The molecule has 0 fully saturated rings. The summed E-state index contributed by atoms with van der Waals surface area (Å²) in [6, 6.07) is 22.6. The molecule has 0 aliphatic carbocycles. The molecule has 1 N–H and O–H groups in total. The number of anilines is 1. The van der Waals surface area contributed by atoms with Crippen LogP contribution in [0.3, 0.4) is 0 Å². The van der Waals surface area contributed by atoms with Crippen LogP contribution in [0.2, 0.25) is 10.0 Å². The van der Waals surface area contributed by atoms with E-state index in [2.05, 4.69) is 31.3 Å². The number of benzene rings is 3. The van der Waals surface area contributed by atoms with Crippen molar-refractivity contribution in [2.75, 3.05) is 5.32 Å². The Hall–Kier alpha value is -2.49. The van der Waals surface area contributed by atoms with Gasteiger partial charge in [0, 0.05) is 11.1 Å². The van der Waals surface area contributed by atoms with Crippen molar-refractivity contribution in [1.29, 1.82) is 0 Å². The Balaban J connectivity index is 1.68. The molecule has 0 saturated carbocycles. The van der Waals surface area contributed by atoms with E-state index < -0.39 is 6.09 Å². The molecule has 0 spiro atoms. The summed E-state index contributed by atoms with van der Waals surface area (Å²) in [5.74, 6) is 0.458. The number of hydrogen-bond acceptors (Lipinski definition) is 2. The van der Waals surface area contributed by atoms with Crippen molar-refractivity contribution in [3.8, 4) is 5.75 Å². The van der Waals surface area contributed by atoms with E-state index in [1.807, 2.05) is 30.3 Å². The van der Waals surface area contributed by atoms with E-state index in [9.17, 15) is 4.79 Å². The number of rotatable bonds is 4. The summed E-state index contributed by atoms with van der Waals surface area (Å²) in [4.78, 5) is 12.1.